The minimum Gasteiger partial charge on any atom is -0.346 e. The molecule has 790 valence electrons. The summed E-state index contributed by atoms with van der Waals surface area (Å²) in [5.74, 6) is 7.14. The molecule has 0 radical (unpaired) electrons. The van der Waals surface area contributed by atoms with Crippen LogP contribution in [0.15, 0.2) is 142 Å². The number of sulfone groups is 4. The second kappa shape index (κ2) is 53.8. The minimum atomic E-state index is -3.28. The summed E-state index contributed by atoms with van der Waals surface area (Å²) in [5.41, 5.74) is 13.4. The Balaban J connectivity index is 0.000000207. The van der Waals surface area contributed by atoms with Crippen molar-refractivity contribution in [3.63, 3.8) is 0 Å². The zero-order valence-corrected chi connectivity index (χ0v) is 88.9. The molecule has 0 spiro atoms. The third-order valence-corrected chi connectivity index (χ3v) is 36.4. The number of carbonyl (C=O) groups is 5. The molecule has 4 aliphatic heterocycles. The van der Waals surface area contributed by atoms with E-state index in [0.717, 1.165) is 145 Å². The molecule has 8 aromatic heterocycles. The minimum absolute atomic E-state index is 0. The van der Waals surface area contributed by atoms with Crippen molar-refractivity contribution in [1.82, 2.24) is 81.2 Å². The molecule has 12 heterocycles. The van der Waals surface area contributed by atoms with Gasteiger partial charge < -0.3 is 31.4 Å². The number of aldehydes is 1. The average Bonchev–Trinajstić information content (AvgIpc) is 1.63. The molecular formula is C111H164N16O13S4. The quantitative estimate of drug-likeness (QED) is 0.0252. The molecule has 0 bridgehead atoms. The Morgan fingerprint density at radius 1 is 0.340 bits per heavy atom. The highest BCUT2D eigenvalue weighted by Gasteiger charge is 2.41. The smallest absolute Gasteiger partial charge is 0.253 e. The first-order valence-electron chi connectivity index (χ1n) is 51.4. The number of hydrogen-bond acceptors (Lipinski definition) is 25. The molecule has 0 aromatic carbocycles. The summed E-state index contributed by atoms with van der Waals surface area (Å²) in [6, 6.07) is 21.6. The van der Waals surface area contributed by atoms with E-state index in [4.69, 9.17) is 15.0 Å². The lowest BCUT2D eigenvalue weighted by atomic mass is 9.82. The number of carbonyl (C=O) groups excluding carboxylic acids is 5. The molecule has 8 aromatic rings. The van der Waals surface area contributed by atoms with E-state index in [2.05, 4.69) is 149 Å². The number of nitrogens with zero attached hydrogens (tertiary/aromatic N) is 11. The first kappa shape index (κ1) is 118. The summed E-state index contributed by atoms with van der Waals surface area (Å²) in [6.45, 7) is 41.0. The Morgan fingerprint density at radius 3 is 0.806 bits per heavy atom. The highest BCUT2D eigenvalue weighted by Crippen LogP contribution is 2.45. The zero-order chi connectivity index (χ0) is 102. The lowest BCUT2D eigenvalue weighted by Crippen LogP contribution is -2.32. The van der Waals surface area contributed by atoms with Crippen molar-refractivity contribution < 1.29 is 57.6 Å². The molecule has 4 atom stereocenters. The average molecular weight is 2060 g/mol. The molecule has 33 heteroatoms. The van der Waals surface area contributed by atoms with Gasteiger partial charge in [-0.05, 0) is 212 Å². The summed E-state index contributed by atoms with van der Waals surface area (Å²) in [6.07, 6.45) is 33.7. The van der Waals surface area contributed by atoms with Crippen LogP contribution in [-0.2, 0) is 96.5 Å². The normalized spacial score (nSPS) is 22.0. The fourth-order valence-electron chi connectivity index (χ4n) is 20.8. The Kier molecular flexibility index (Phi) is 44.1. The molecule has 4 fully saturated rings. The number of pyridine rings is 8. The third kappa shape index (κ3) is 31.5. The van der Waals surface area contributed by atoms with Gasteiger partial charge in [-0.3, -0.25) is 73.7 Å². The molecule has 16 rings (SSSR count). The van der Waals surface area contributed by atoms with Crippen LogP contribution in [0, 0.1) is 71.0 Å². The number of hydrogen-bond donors (Lipinski definition) is 5. The van der Waals surface area contributed by atoms with Gasteiger partial charge in [0.15, 0.2) is 39.3 Å². The van der Waals surface area contributed by atoms with Crippen LogP contribution in [0.1, 0.15) is 369 Å². The maximum atomic E-state index is 12.8. The number of rotatable bonds is 31. The van der Waals surface area contributed by atoms with Crippen molar-refractivity contribution in [2.75, 3.05) is 42.6 Å². The van der Waals surface area contributed by atoms with Gasteiger partial charge in [0, 0.05) is 101 Å². The van der Waals surface area contributed by atoms with E-state index < -0.39 is 39.3 Å². The van der Waals surface area contributed by atoms with E-state index >= 15 is 0 Å². The fraction of sp³-hybridized carbons (Fsp3) is 0.595. The lowest BCUT2D eigenvalue weighted by Gasteiger charge is -2.34. The van der Waals surface area contributed by atoms with Crippen molar-refractivity contribution in [2.45, 2.75) is 332 Å². The van der Waals surface area contributed by atoms with E-state index in [1.807, 2.05) is 24.3 Å². The van der Waals surface area contributed by atoms with Crippen LogP contribution in [0.5, 0.6) is 0 Å². The Labute approximate surface area is 860 Å². The number of fused-ring (bicyclic) bond motifs is 4. The predicted octanol–water partition coefficient (Wildman–Crippen LogP) is 19.5. The number of aromatic nitrogens is 8. The number of amides is 4. The molecule has 8 aliphatic rings. The predicted molar refractivity (Wildman–Crippen MR) is 569 cm³/mol. The molecule has 144 heavy (non-hydrogen) atoms. The van der Waals surface area contributed by atoms with Crippen LogP contribution in [-0.4, -0.2) is 161 Å². The fourth-order valence-corrected chi connectivity index (χ4v) is 24.1. The lowest BCUT2D eigenvalue weighted by molar-refractivity contribution is -0.112. The first-order chi connectivity index (χ1) is 67.2. The Bertz CT molecular complexity index is 5590. The molecule has 4 saturated carbocycles. The topological polar surface area (TPSA) is 395 Å². The van der Waals surface area contributed by atoms with Crippen LogP contribution in [0.4, 0.5) is 0 Å². The maximum Gasteiger partial charge on any atom is 0.253 e. The second-order valence-corrected chi connectivity index (χ2v) is 51.0. The van der Waals surface area contributed by atoms with Gasteiger partial charge >= 0.3 is 0 Å². The standard InChI is InChI=1S/3C27H38N4O3S.C19H24N4O3S.C8H14O.3CH4/c3*1-5-35(33,34)24-11-10-23(28-15-24)14-30-27(32)21-12-22-17-31(16-20-8-6-19(4)7-9-20)26(18(2)3)25(22)29-13-21;1-4-27(25,26)16-6-5-15(20-11-16)10-23-19(24)14-7-13-8-21-17(12(2)3)18(13)22-9-14;1-7-2-4-8(6-9)5-3-7;;;/h3*10-13,15,18-20,26H,5-9,14,16-17H2,1-4H3,(H,30,32);5-7,9,11-12,17,21H,4,8,10H2,1-3H3,(H,23,24);6-8H,2-5H2,1H3;3*1H4/t3*19?,20?,26-;17-;;;;/m0000..../s1. The van der Waals surface area contributed by atoms with E-state index in [1.54, 1.807) is 76.7 Å². The Morgan fingerprint density at radius 2 is 0.583 bits per heavy atom. The van der Waals surface area contributed by atoms with Crippen molar-refractivity contribution in [1.29, 1.82) is 0 Å². The summed E-state index contributed by atoms with van der Waals surface area (Å²) in [4.78, 5) is 105. The van der Waals surface area contributed by atoms with Crippen molar-refractivity contribution >= 4 is 69.3 Å². The van der Waals surface area contributed by atoms with E-state index in [1.165, 1.54) is 139 Å². The van der Waals surface area contributed by atoms with Gasteiger partial charge in [0.05, 0.1) is 161 Å². The Hall–Kier alpha value is -9.61. The van der Waals surface area contributed by atoms with Crippen LogP contribution in [0.2, 0.25) is 0 Å². The van der Waals surface area contributed by atoms with Crippen molar-refractivity contribution in [3.8, 4) is 0 Å². The van der Waals surface area contributed by atoms with Gasteiger partial charge in [0.1, 0.15) is 6.29 Å². The van der Waals surface area contributed by atoms with Gasteiger partial charge in [-0.25, -0.2) is 33.7 Å². The van der Waals surface area contributed by atoms with Crippen molar-refractivity contribution in [3.05, 3.63) is 212 Å². The van der Waals surface area contributed by atoms with Gasteiger partial charge in [0.25, 0.3) is 23.6 Å². The van der Waals surface area contributed by atoms with E-state index in [9.17, 15) is 57.6 Å². The van der Waals surface area contributed by atoms with E-state index in [0.29, 0.717) is 99.3 Å². The van der Waals surface area contributed by atoms with Crippen LogP contribution < -0.4 is 26.6 Å². The SMILES string of the molecule is C.C.C.CC1CCC(C=O)CC1.CCS(=O)(=O)c1ccc(CNC(=O)c2cnc3c(c2)CN(CC2CCC(C)CC2)[C@H]3C(C)C)nc1.CCS(=O)(=O)c1ccc(CNC(=O)c2cnc3c(c2)CN(CC2CCC(C)CC2)[C@H]3C(C)C)nc1.CCS(=O)(=O)c1ccc(CNC(=O)c2cnc3c(c2)CN(CC2CCC(C)CC2)[C@H]3C(C)C)nc1.CCS(=O)(=O)c1ccc(CNC(=O)c2cnc3c(c2)CN[C@H]3C(C)C)nc1. The van der Waals surface area contributed by atoms with Crippen LogP contribution >= 0.6 is 0 Å². The van der Waals surface area contributed by atoms with Gasteiger partial charge in [-0.1, -0.05) is 184 Å². The van der Waals surface area contributed by atoms with Gasteiger partial charge in [0.2, 0.25) is 0 Å². The summed E-state index contributed by atoms with van der Waals surface area (Å²) < 4.78 is 95.3. The highest BCUT2D eigenvalue weighted by atomic mass is 32.2. The molecule has 0 unspecified atom stereocenters. The highest BCUT2D eigenvalue weighted by molar-refractivity contribution is 7.92. The van der Waals surface area contributed by atoms with Gasteiger partial charge in [-0.15, -0.1) is 0 Å². The van der Waals surface area contributed by atoms with Crippen molar-refractivity contribution in [2.24, 2.45) is 71.0 Å². The summed E-state index contributed by atoms with van der Waals surface area (Å²) >= 11 is 0. The molecule has 4 aliphatic carbocycles. The third-order valence-electron chi connectivity index (χ3n) is 29.6. The first-order valence-corrected chi connectivity index (χ1v) is 58.0. The van der Waals surface area contributed by atoms with E-state index in [-0.39, 0.29) is 121 Å². The molecule has 0 saturated heterocycles. The molecule has 29 nitrogen and oxygen atoms in total. The largest absolute Gasteiger partial charge is 0.346 e. The molecule has 5 N–H and O–H groups in total. The van der Waals surface area contributed by atoms with Gasteiger partial charge in [-0.2, -0.15) is 0 Å². The number of nitrogens with one attached hydrogen (secondary N) is 5. The maximum absolute atomic E-state index is 12.8. The monoisotopic (exact) mass is 2060 g/mol. The van der Waals surface area contributed by atoms with Crippen LogP contribution in [0.25, 0.3) is 0 Å². The molecular weight excluding hydrogens is 1890 g/mol. The summed E-state index contributed by atoms with van der Waals surface area (Å²) in [5, 5.41) is 14.9. The zero-order valence-electron chi connectivity index (χ0n) is 85.6. The second-order valence-electron chi connectivity index (χ2n) is 41.8. The molecule has 4 amide bonds. The summed E-state index contributed by atoms with van der Waals surface area (Å²) in [7, 11) is -13.1. The van der Waals surface area contributed by atoms with Crippen LogP contribution in [0.3, 0.4) is 0 Å².